The molecule has 2 aromatic rings. The Morgan fingerprint density at radius 3 is 2.19 bits per heavy atom. The first-order valence-electron chi connectivity index (χ1n) is 11.5. The Balaban J connectivity index is 1.24. The topological polar surface area (TPSA) is 48.1 Å². The standard InChI is InChI=1S/C25H34N4O2/c1-31-24-8-6-7-23(19-24)29-17-15-27(16-18-29)20-25(30)26-21-9-11-22(12-10-21)28-13-4-2-3-5-14-28/h6-12,19H,2-5,13-18,20H2,1H3,(H,26,30). The highest BCUT2D eigenvalue weighted by molar-refractivity contribution is 5.92. The van der Waals surface area contributed by atoms with Crippen LogP contribution < -0.4 is 19.9 Å². The second-order valence-corrected chi connectivity index (χ2v) is 8.46. The van der Waals surface area contributed by atoms with E-state index in [9.17, 15) is 4.79 Å². The maximum absolute atomic E-state index is 12.6. The van der Waals surface area contributed by atoms with Crippen LogP contribution in [0.15, 0.2) is 48.5 Å². The normalized spacial score (nSPS) is 17.8. The van der Waals surface area contributed by atoms with Crippen molar-refractivity contribution in [1.29, 1.82) is 0 Å². The summed E-state index contributed by atoms with van der Waals surface area (Å²) in [5.41, 5.74) is 3.31. The van der Waals surface area contributed by atoms with Crippen molar-refractivity contribution in [2.24, 2.45) is 0 Å². The summed E-state index contributed by atoms with van der Waals surface area (Å²) in [4.78, 5) is 19.6. The van der Waals surface area contributed by atoms with Crippen LogP contribution in [0.2, 0.25) is 0 Å². The molecule has 0 spiro atoms. The monoisotopic (exact) mass is 422 g/mol. The summed E-state index contributed by atoms with van der Waals surface area (Å²) in [6.45, 7) is 6.26. The average molecular weight is 423 g/mol. The fourth-order valence-electron chi connectivity index (χ4n) is 4.46. The molecule has 1 amide bonds. The SMILES string of the molecule is COc1cccc(N2CCN(CC(=O)Nc3ccc(N4CCCCCC4)cc3)CC2)c1. The van der Waals surface area contributed by atoms with Gasteiger partial charge in [-0.2, -0.15) is 0 Å². The minimum absolute atomic E-state index is 0.0531. The van der Waals surface area contributed by atoms with Gasteiger partial charge >= 0.3 is 0 Å². The molecular weight excluding hydrogens is 388 g/mol. The molecule has 2 aromatic carbocycles. The number of benzene rings is 2. The molecule has 2 aliphatic rings. The average Bonchev–Trinajstić information content (AvgIpc) is 3.10. The largest absolute Gasteiger partial charge is 0.497 e. The number of hydrogen-bond donors (Lipinski definition) is 1. The molecule has 2 saturated heterocycles. The number of rotatable bonds is 6. The van der Waals surface area contributed by atoms with Crippen LogP contribution in [0.25, 0.3) is 0 Å². The van der Waals surface area contributed by atoms with Gasteiger partial charge in [0.2, 0.25) is 5.91 Å². The highest BCUT2D eigenvalue weighted by Crippen LogP contribution is 2.23. The maximum atomic E-state index is 12.6. The number of carbonyl (C=O) groups excluding carboxylic acids is 1. The van der Waals surface area contributed by atoms with Gasteiger partial charge in [0.15, 0.2) is 0 Å². The van der Waals surface area contributed by atoms with E-state index >= 15 is 0 Å². The summed E-state index contributed by atoms with van der Waals surface area (Å²) in [6, 6.07) is 16.5. The van der Waals surface area contributed by atoms with Gasteiger partial charge in [-0.1, -0.05) is 18.9 Å². The number of ether oxygens (including phenoxy) is 1. The first kappa shape index (κ1) is 21.5. The molecule has 0 unspecified atom stereocenters. The van der Waals surface area contributed by atoms with Crippen molar-refractivity contribution in [3.8, 4) is 5.75 Å². The van der Waals surface area contributed by atoms with E-state index in [2.05, 4.69) is 44.3 Å². The lowest BCUT2D eigenvalue weighted by atomic mass is 10.2. The molecule has 0 saturated carbocycles. The van der Waals surface area contributed by atoms with Crippen LogP contribution in [0.3, 0.4) is 0 Å². The zero-order chi connectivity index (χ0) is 21.5. The number of nitrogens with zero attached hydrogens (tertiary/aromatic N) is 3. The zero-order valence-electron chi connectivity index (χ0n) is 18.6. The van der Waals surface area contributed by atoms with Gasteiger partial charge in [0.25, 0.3) is 0 Å². The third kappa shape index (κ3) is 5.91. The fourth-order valence-corrected chi connectivity index (χ4v) is 4.46. The molecule has 2 aliphatic heterocycles. The first-order chi connectivity index (χ1) is 15.2. The van der Waals surface area contributed by atoms with Crippen molar-refractivity contribution < 1.29 is 9.53 Å². The van der Waals surface area contributed by atoms with Crippen LogP contribution in [0.5, 0.6) is 5.75 Å². The Morgan fingerprint density at radius 1 is 0.839 bits per heavy atom. The second kappa shape index (κ2) is 10.5. The van der Waals surface area contributed by atoms with E-state index in [1.807, 2.05) is 24.3 Å². The van der Waals surface area contributed by atoms with Crippen LogP contribution in [0.1, 0.15) is 25.7 Å². The zero-order valence-corrected chi connectivity index (χ0v) is 18.6. The van der Waals surface area contributed by atoms with Crippen LogP contribution >= 0.6 is 0 Å². The van der Waals surface area contributed by atoms with Crippen molar-refractivity contribution in [2.45, 2.75) is 25.7 Å². The minimum Gasteiger partial charge on any atom is -0.497 e. The van der Waals surface area contributed by atoms with Gasteiger partial charge in [-0.25, -0.2) is 0 Å². The first-order valence-corrected chi connectivity index (χ1v) is 11.5. The smallest absolute Gasteiger partial charge is 0.238 e. The van der Waals surface area contributed by atoms with E-state index in [4.69, 9.17) is 4.74 Å². The highest BCUT2D eigenvalue weighted by atomic mass is 16.5. The van der Waals surface area contributed by atoms with Gasteiger partial charge in [-0.3, -0.25) is 9.69 Å². The molecule has 6 heteroatoms. The van der Waals surface area contributed by atoms with E-state index in [-0.39, 0.29) is 5.91 Å². The molecule has 1 N–H and O–H groups in total. The lowest BCUT2D eigenvalue weighted by Gasteiger charge is -2.35. The molecule has 4 rings (SSSR count). The van der Waals surface area contributed by atoms with Crippen molar-refractivity contribution >= 4 is 23.0 Å². The Hall–Kier alpha value is -2.73. The molecule has 0 atom stereocenters. The molecule has 0 radical (unpaired) electrons. The van der Waals surface area contributed by atoms with E-state index in [0.29, 0.717) is 6.54 Å². The highest BCUT2D eigenvalue weighted by Gasteiger charge is 2.19. The van der Waals surface area contributed by atoms with Gasteiger partial charge in [0.1, 0.15) is 5.75 Å². The van der Waals surface area contributed by atoms with Crippen molar-refractivity contribution in [3.05, 3.63) is 48.5 Å². The third-order valence-electron chi connectivity index (χ3n) is 6.28. The summed E-state index contributed by atoms with van der Waals surface area (Å²) in [5.74, 6) is 0.929. The molecular formula is C25H34N4O2. The Morgan fingerprint density at radius 2 is 1.52 bits per heavy atom. The number of piperazine rings is 1. The number of nitrogens with one attached hydrogen (secondary N) is 1. The van der Waals surface area contributed by atoms with Gasteiger partial charge in [0.05, 0.1) is 13.7 Å². The number of hydrogen-bond acceptors (Lipinski definition) is 5. The Bertz CT molecular complexity index is 839. The number of amides is 1. The van der Waals surface area contributed by atoms with E-state index < -0.39 is 0 Å². The summed E-state index contributed by atoms with van der Waals surface area (Å²) >= 11 is 0. The van der Waals surface area contributed by atoms with Crippen molar-refractivity contribution in [3.63, 3.8) is 0 Å². The van der Waals surface area contributed by atoms with Crippen molar-refractivity contribution in [2.75, 3.05) is 68.0 Å². The molecule has 0 aromatic heterocycles. The van der Waals surface area contributed by atoms with E-state index in [0.717, 1.165) is 50.7 Å². The predicted molar refractivity (Wildman–Crippen MR) is 127 cm³/mol. The van der Waals surface area contributed by atoms with Crippen LogP contribution in [-0.2, 0) is 4.79 Å². The minimum atomic E-state index is 0.0531. The number of anilines is 3. The predicted octanol–water partition coefficient (Wildman–Crippen LogP) is 3.84. The maximum Gasteiger partial charge on any atom is 0.238 e. The summed E-state index contributed by atoms with van der Waals surface area (Å²) in [5, 5.41) is 3.06. The molecule has 2 heterocycles. The molecule has 31 heavy (non-hydrogen) atoms. The van der Waals surface area contributed by atoms with Gasteiger partial charge in [0, 0.05) is 62.4 Å². The summed E-state index contributed by atoms with van der Waals surface area (Å²) in [7, 11) is 1.69. The fraction of sp³-hybridized carbons (Fsp3) is 0.480. The molecule has 6 nitrogen and oxygen atoms in total. The van der Waals surface area contributed by atoms with Crippen LogP contribution in [0, 0.1) is 0 Å². The summed E-state index contributed by atoms with van der Waals surface area (Å²) < 4.78 is 5.33. The Labute approximate surface area is 185 Å². The van der Waals surface area contributed by atoms with Gasteiger partial charge < -0.3 is 19.9 Å². The second-order valence-electron chi connectivity index (χ2n) is 8.46. The van der Waals surface area contributed by atoms with Crippen molar-refractivity contribution in [1.82, 2.24) is 4.90 Å². The molecule has 0 bridgehead atoms. The molecule has 0 aliphatic carbocycles. The Kier molecular flexibility index (Phi) is 7.30. The summed E-state index contributed by atoms with van der Waals surface area (Å²) in [6.07, 6.45) is 5.20. The third-order valence-corrected chi connectivity index (χ3v) is 6.28. The molecule has 166 valence electrons. The van der Waals surface area contributed by atoms with Crippen LogP contribution in [0.4, 0.5) is 17.1 Å². The lowest BCUT2D eigenvalue weighted by molar-refractivity contribution is -0.117. The van der Waals surface area contributed by atoms with E-state index in [1.54, 1.807) is 7.11 Å². The quantitative estimate of drug-likeness (QED) is 0.767. The van der Waals surface area contributed by atoms with Crippen LogP contribution in [-0.4, -0.2) is 63.7 Å². The van der Waals surface area contributed by atoms with Gasteiger partial charge in [-0.05, 0) is 49.2 Å². The number of carbonyl (C=O) groups is 1. The molecule has 2 fully saturated rings. The van der Waals surface area contributed by atoms with Gasteiger partial charge in [-0.15, -0.1) is 0 Å². The number of methoxy groups -OCH3 is 1. The lowest BCUT2D eigenvalue weighted by Crippen LogP contribution is -2.48. The van der Waals surface area contributed by atoms with E-state index in [1.165, 1.54) is 37.1 Å².